The number of pyridine rings is 1. The predicted molar refractivity (Wildman–Crippen MR) is 325 cm³/mol. The molecule has 6 N–H and O–H groups in total. The van der Waals surface area contributed by atoms with Gasteiger partial charge in [0.2, 0.25) is 29.2 Å². The Kier molecular flexibility index (Phi) is 22.2. The van der Waals surface area contributed by atoms with E-state index in [4.69, 9.17) is 0 Å². The van der Waals surface area contributed by atoms with Crippen LogP contribution in [-0.4, -0.2) is 161 Å². The first kappa shape index (κ1) is 64.0. The number of unbranched alkanes of at least 4 members (excludes halogenated alkanes) is 5. The summed E-state index contributed by atoms with van der Waals surface area (Å²) >= 11 is 1.57. The summed E-state index contributed by atoms with van der Waals surface area (Å²) in [6.45, 7) is 16.2. The second kappa shape index (κ2) is 29.4. The monoisotopic (exact) mass is 1190 g/mol. The molecule has 3 aromatic carbocycles. The molecule has 3 saturated heterocycles. The standard InChI is InChI=1S/C63H82F3N11O7S/c1-42-57(85-41-70-42)45-19-17-43(18-20-45)37-69-60(83)53-35-48(78)40-77(53)61(84)58(62(2,3)4)72-55(80)16-11-9-7-6-8-10-15-54(79)67-23-24-74-27-29-75(30-28-74)39-44-13-12-14-46(33-44)47-21-22-52(76-31-25-73(5)26-32-76)51(34-47)71-59(82)49-38-68-56(81)36-50(49)63(64,65)66/h12-14,17-22,33-34,36,38,41,48,53,58,78H,6-11,15-16,23-32,35,37,39-40H2,1-5H3,(H,67,79)(H,68,81)(H,69,83)(H,71,82)(H,72,80)/t48-,53+,58-/m1/s1. The summed E-state index contributed by atoms with van der Waals surface area (Å²) in [6, 6.07) is 20.3. The number of aromatic amines is 1. The van der Waals surface area contributed by atoms with Crippen LogP contribution in [-0.2, 0) is 38.4 Å². The molecule has 2 aromatic heterocycles. The fourth-order valence-electron chi connectivity index (χ4n) is 11.2. The number of thiazole rings is 1. The minimum absolute atomic E-state index is 0.00693. The molecular formula is C63H82F3N11O7S. The van der Waals surface area contributed by atoms with Crippen molar-refractivity contribution in [2.75, 3.05) is 89.3 Å². The Hall–Kier alpha value is -6.98. The molecule has 18 nitrogen and oxygen atoms in total. The molecule has 0 aliphatic carbocycles. The number of amides is 5. The van der Waals surface area contributed by atoms with Gasteiger partial charge in [-0.2, -0.15) is 13.2 Å². The van der Waals surface area contributed by atoms with Crippen LogP contribution in [0.25, 0.3) is 21.6 Å². The molecule has 85 heavy (non-hydrogen) atoms. The number of carbonyl (C=O) groups excluding carboxylic acids is 5. The molecule has 3 aliphatic heterocycles. The Bertz CT molecular complexity index is 3150. The molecule has 22 heteroatoms. The van der Waals surface area contributed by atoms with E-state index in [1.54, 1.807) is 17.4 Å². The van der Waals surface area contributed by atoms with Crippen LogP contribution in [0.1, 0.15) is 111 Å². The van der Waals surface area contributed by atoms with Gasteiger partial charge in [-0.3, -0.25) is 38.6 Å². The number of hydrogen-bond acceptors (Lipinski definition) is 13. The van der Waals surface area contributed by atoms with Gasteiger partial charge in [0.05, 0.1) is 44.7 Å². The first-order valence-corrected chi connectivity index (χ1v) is 30.5. The number of aryl methyl sites for hydroxylation is 1. The van der Waals surface area contributed by atoms with Gasteiger partial charge in [0, 0.05) is 117 Å². The van der Waals surface area contributed by atoms with Crippen molar-refractivity contribution in [3.05, 3.63) is 123 Å². The van der Waals surface area contributed by atoms with E-state index in [0.29, 0.717) is 56.5 Å². The third kappa shape index (κ3) is 18.0. The van der Waals surface area contributed by atoms with Gasteiger partial charge in [-0.25, -0.2) is 4.98 Å². The van der Waals surface area contributed by atoms with E-state index in [1.807, 2.05) is 88.8 Å². The average molecular weight is 1190 g/mol. The minimum atomic E-state index is -4.91. The molecule has 0 unspecified atom stereocenters. The van der Waals surface area contributed by atoms with Crippen molar-refractivity contribution in [1.29, 1.82) is 0 Å². The van der Waals surface area contributed by atoms with Gasteiger partial charge in [0.25, 0.3) is 5.91 Å². The summed E-state index contributed by atoms with van der Waals surface area (Å²) in [7, 11) is 2.02. The Labute approximate surface area is 499 Å². The van der Waals surface area contributed by atoms with Crippen molar-refractivity contribution in [1.82, 2.24) is 45.5 Å². The van der Waals surface area contributed by atoms with E-state index in [-0.39, 0.29) is 49.6 Å². The Morgan fingerprint density at radius 3 is 2.11 bits per heavy atom. The van der Waals surface area contributed by atoms with Gasteiger partial charge >= 0.3 is 6.18 Å². The quantitative estimate of drug-likeness (QED) is 0.0329. The van der Waals surface area contributed by atoms with E-state index in [0.717, 1.165) is 123 Å². The molecule has 3 aliphatic rings. The topological polar surface area (TPSA) is 216 Å². The lowest BCUT2D eigenvalue weighted by Crippen LogP contribution is -2.57. The third-order valence-electron chi connectivity index (χ3n) is 16.2. The number of aromatic nitrogens is 2. The molecule has 0 spiro atoms. The number of β-amino-alcohol motifs (C(OH)–C–C–N with tert-alkyl or cyclic N) is 1. The van der Waals surface area contributed by atoms with Crippen LogP contribution in [0.15, 0.2) is 89.3 Å². The van der Waals surface area contributed by atoms with Crippen LogP contribution < -0.4 is 31.7 Å². The second-order valence-electron chi connectivity index (χ2n) is 23.8. The summed E-state index contributed by atoms with van der Waals surface area (Å²) in [6.07, 6.45) is 0.880. The first-order chi connectivity index (χ1) is 40.6. The molecule has 5 amide bonds. The van der Waals surface area contributed by atoms with Gasteiger partial charge in [0.15, 0.2) is 0 Å². The maximum Gasteiger partial charge on any atom is 0.417 e. The number of rotatable bonds is 24. The smallest absolute Gasteiger partial charge is 0.391 e. The number of benzene rings is 3. The zero-order valence-corrected chi connectivity index (χ0v) is 50.3. The molecule has 3 atom stereocenters. The van der Waals surface area contributed by atoms with Gasteiger partial charge in [-0.05, 0) is 78.2 Å². The summed E-state index contributed by atoms with van der Waals surface area (Å²) in [4.78, 5) is 96.9. The summed E-state index contributed by atoms with van der Waals surface area (Å²) in [5, 5.41) is 22.3. The van der Waals surface area contributed by atoms with Crippen LogP contribution in [0.3, 0.4) is 0 Å². The zero-order chi connectivity index (χ0) is 60.8. The van der Waals surface area contributed by atoms with Crippen LogP contribution in [0.2, 0.25) is 0 Å². The third-order valence-corrected chi connectivity index (χ3v) is 17.2. The zero-order valence-electron chi connectivity index (χ0n) is 49.5. The van der Waals surface area contributed by atoms with Crippen LogP contribution >= 0.6 is 11.3 Å². The molecular weight excluding hydrogens is 1110 g/mol. The molecule has 8 rings (SSSR count). The summed E-state index contributed by atoms with van der Waals surface area (Å²) < 4.78 is 41.9. The van der Waals surface area contributed by atoms with E-state index in [2.05, 4.69) is 63.0 Å². The number of likely N-dealkylation sites (N-methyl/N-ethyl adjacent to an activating group) is 1. The van der Waals surface area contributed by atoms with Gasteiger partial charge in [-0.15, -0.1) is 11.3 Å². The van der Waals surface area contributed by atoms with Crippen molar-refractivity contribution in [2.24, 2.45) is 5.41 Å². The number of piperazine rings is 2. The highest BCUT2D eigenvalue weighted by Crippen LogP contribution is 2.36. The summed E-state index contributed by atoms with van der Waals surface area (Å²) in [5.41, 5.74) is 4.98. The average Bonchev–Trinajstić information content (AvgIpc) is 4.33. The maximum absolute atomic E-state index is 14.1. The highest BCUT2D eigenvalue weighted by Gasteiger charge is 2.44. The molecule has 458 valence electrons. The molecule has 5 aromatic rings. The highest BCUT2D eigenvalue weighted by molar-refractivity contribution is 7.13. The molecule has 0 radical (unpaired) electrons. The van der Waals surface area contributed by atoms with Gasteiger partial charge in [0.1, 0.15) is 12.1 Å². The molecule has 0 saturated carbocycles. The lowest BCUT2D eigenvalue weighted by atomic mass is 9.85. The Morgan fingerprint density at radius 1 is 0.776 bits per heavy atom. The minimum Gasteiger partial charge on any atom is -0.391 e. The van der Waals surface area contributed by atoms with Crippen LogP contribution in [0.5, 0.6) is 0 Å². The molecule has 3 fully saturated rings. The number of aliphatic hydroxyl groups is 1. The first-order valence-electron chi connectivity index (χ1n) is 29.6. The van der Waals surface area contributed by atoms with Crippen LogP contribution in [0, 0.1) is 12.3 Å². The van der Waals surface area contributed by atoms with Crippen molar-refractivity contribution >= 4 is 52.2 Å². The van der Waals surface area contributed by atoms with E-state index >= 15 is 0 Å². The van der Waals surface area contributed by atoms with Gasteiger partial charge in [-0.1, -0.05) is 95.0 Å². The lowest BCUT2D eigenvalue weighted by Gasteiger charge is -2.35. The predicted octanol–water partition coefficient (Wildman–Crippen LogP) is 7.66. The number of hydrogen-bond donors (Lipinski definition) is 6. The fourth-order valence-corrected chi connectivity index (χ4v) is 12.0. The number of nitrogens with zero attached hydrogens (tertiary/aromatic N) is 6. The normalized spacial score (nSPS) is 17.6. The Morgan fingerprint density at radius 2 is 1.44 bits per heavy atom. The number of halogens is 3. The summed E-state index contributed by atoms with van der Waals surface area (Å²) in [5.74, 6) is -1.92. The molecule has 5 heterocycles. The number of H-pyrrole nitrogens is 1. The van der Waals surface area contributed by atoms with Crippen LogP contribution in [0.4, 0.5) is 24.5 Å². The van der Waals surface area contributed by atoms with E-state index in [9.17, 15) is 47.0 Å². The van der Waals surface area contributed by atoms with Crippen molar-refractivity contribution in [3.8, 4) is 21.6 Å². The number of nitrogens with one attached hydrogen (secondary N) is 5. The fraction of sp³-hybridized carbons (Fsp3) is 0.508. The highest BCUT2D eigenvalue weighted by atomic mass is 32.1. The number of likely N-dealkylation sites (tertiary alicyclic amines) is 1. The second-order valence-corrected chi connectivity index (χ2v) is 24.7. The number of anilines is 2. The van der Waals surface area contributed by atoms with Gasteiger partial charge < -0.3 is 46.1 Å². The Balaban J connectivity index is 0.702. The van der Waals surface area contributed by atoms with E-state index in [1.165, 1.54) is 4.90 Å². The SMILES string of the molecule is Cc1ncsc1-c1ccc(CNC(=O)[C@@H]2C[C@@H](O)CN2C(=O)[C@@H](NC(=O)CCCCCCCCC(=O)NCCN2CCN(Cc3cccc(-c4ccc(N5CCN(C)CC5)c(NC(=O)c5c[nH]c(=O)cc5C(F)(F)F)c4)c3)CC2)C(C)(C)C)cc1. The van der Waals surface area contributed by atoms with Crippen molar-refractivity contribution in [2.45, 2.75) is 123 Å². The molecule has 0 bridgehead atoms. The lowest BCUT2D eigenvalue weighted by molar-refractivity contribution is -0.144. The maximum atomic E-state index is 14.1. The largest absolute Gasteiger partial charge is 0.417 e. The van der Waals surface area contributed by atoms with Crippen molar-refractivity contribution in [3.63, 3.8) is 0 Å². The van der Waals surface area contributed by atoms with Crippen molar-refractivity contribution < 1.29 is 42.3 Å². The number of carbonyl (C=O) groups is 5. The number of alkyl halides is 3. The van der Waals surface area contributed by atoms with E-state index < -0.39 is 52.4 Å². The number of aliphatic hydroxyl groups excluding tert-OH is 1.